The van der Waals surface area contributed by atoms with Crippen molar-refractivity contribution in [3.63, 3.8) is 0 Å². The lowest BCUT2D eigenvalue weighted by molar-refractivity contribution is -0.402. The minimum Gasteiger partial charge on any atom is -0.401 e. The van der Waals surface area contributed by atoms with Crippen LogP contribution in [0.5, 0.6) is 0 Å². The number of carbonyl (C=O) groups is 1. The van der Waals surface area contributed by atoms with Gasteiger partial charge in [-0.1, -0.05) is 11.6 Å². The molecule has 0 aliphatic carbocycles. The van der Waals surface area contributed by atoms with Crippen molar-refractivity contribution >= 4 is 35.2 Å². The van der Waals surface area contributed by atoms with Gasteiger partial charge in [0.05, 0.1) is 11.8 Å². The Morgan fingerprint density at radius 2 is 2.14 bits per heavy atom. The van der Waals surface area contributed by atoms with Gasteiger partial charge in [0.15, 0.2) is 0 Å². The Morgan fingerprint density at radius 1 is 1.38 bits per heavy atom. The standard InChI is InChI=1S/C13H8ClFN2O4/c14-8-1-4-11(10(15)7-8)16-12(18)5-2-9-3-6-13(21-9)17(19)20/h1-7H,(H,16,18)/b5-2+. The molecule has 1 amide bonds. The van der Waals surface area contributed by atoms with Crippen LogP contribution < -0.4 is 5.32 Å². The maximum Gasteiger partial charge on any atom is 0.433 e. The molecule has 0 aliphatic rings. The molecule has 0 unspecified atom stereocenters. The number of hydrogen-bond donors (Lipinski definition) is 1. The van der Waals surface area contributed by atoms with Crippen molar-refractivity contribution in [1.82, 2.24) is 0 Å². The molecule has 8 heteroatoms. The van der Waals surface area contributed by atoms with Crippen molar-refractivity contribution in [2.75, 3.05) is 5.32 Å². The number of benzene rings is 1. The number of nitro groups is 1. The van der Waals surface area contributed by atoms with Gasteiger partial charge in [-0.15, -0.1) is 0 Å². The molecule has 0 atom stereocenters. The summed E-state index contributed by atoms with van der Waals surface area (Å²) >= 11 is 5.59. The first-order valence-corrected chi connectivity index (χ1v) is 6.02. The molecule has 2 rings (SSSR count). The topological polar surface area (TPSA) is 85.4 Å². The Balaban J connectivity index is 2.03. The van der Waals surface area contributed by atoms with E-state index in [9.17, 15) is 19.3 Å². The Bertz CT molecular complexity index is 727. The smallest absolute Gasteiger partial charge is 0.401 e. The molecule has 0 saturated heterocycles. The molecule has 2 aromatic rings. The summed E-state index contributed by atoms with van der Waals surface area (Å²) in [6, 6.07) is 6.32. The van der Waals surface area contributed by atoms with Gasteiger partial charge >= 0.3 is 5.88 Å². The monoisotopic (exact) mass is 310 g/mol. The van der Waals surface area contributed by atoms with Gasteiger partial charge < -0.3 is 9.73 Å². The number of nitrogens with one attached hydrogen (secondary N) is 1. The fourth-order valence-electron chi connectivity index (χ4n) is 1.45. The van der Waals surface area contributed by atoms with E-state index in [1.54, 1.807) is 0 Å². The maximum absolute atomic E-state index is 13.4. The largest absolute Gasteiger partial charge is 0.433 e. The molecule has 0 saturated carbocycles. The van der Waals surface area contributed by atoms with Gasteiger partial charge in [0.1, 0.15) is 16.5 Å². The third kappa shape index (κ3) is 3.90. The first kappa shape index (κ1) is 14.7. The zero-order chi connectivity index (χ0) is 15.4. The van der Waals surface area contributed by atoms with Gasteiger partial charge in [-0.25, -0.2) is 4.39 Å². The van der Waals surface area contributed by atoms with Crippen LogP contribution in [0, 0.1) is 15.9 Å². The maximum atomic E-state index is 13.4. The first-order chi connectivity index (χ1) is 9.95. The predicted molar refractivity (Wildman–Crippen MR) is 74.4 cm³/mol. The lowest BCUT2D eigenvalue weighted by Gasteiger charge is -2.03. The van der Waals surface area contributed by atoms with E-state index in [0.717, 1.165) is 18.2 Å². The highest BCUT2D eigenvalue weighted by atomic mass is 35.5. The summed E-state index contributed by atoms with van der Waals surface area (Å²) in [5, 5.41) is 12.9. The second kappa shape index (κ2) is 6.19. The minimum atomic E-state index is -0.694. The predicted octanol–water partition coefficient (Wildman–Crippen LogP) is 3.63. The van der Waals surface area contributed by atoms with Crippen LogP contribution in [0.25, 0.3) is 6.08 Å². The molecule has 0 bridgehead atoms. The van der Waals surface area contributed by atoms with Crippen molar-refractivity contribution in [3.8, 4) is 0 Å². The molecular weight excluding hydrogens is 303 g/mol. The van der Waals surface area contributed by atoms with Gasteiger partial charge in [-0.05, 0) is 30.3 Å². The molecular formula is C13H8ClFN2O4. The molecule has 1 aromatic carbocycles. The zero-order valence-corrected chi connectivity index (χ0v) is 11.1. The van der Waals surface area contributed by atoms with E-state index in [2.05, 4.69) is 5.32 Å². The number of furan rings is 1. The van der Waals surface area contributed by atoms with Crippen molar-refractivity contribution in [3.05, 3.63) is 63.1 Å². The zero-order valence-electron chi connectivity index (χ0n) is 10.4. The molecule has 1 heterocycles. The van der Waals surface area contributed by atoms with Crippen molar-refractivity contribution in [2.24, 2.45) is 0 Å². The molecule has 0 aliphatic heterocycles. The first-order valence-electron chi connectivity index (χ1n) is 5.64. The SMILES string of the molecule is O=C(/C=C/c1ccc([N+](=O)[O-])o1)Nc1ccc(Cl)cc1F. The average Bonchev–Trinajstić information content (AvgIpc) is 2.89. The third-order valence-electron chi connectivity index (χ3n) is 2.38. The van der Waals surface area contributed by atoms with Crippen LogP contribution in [-0.2, 0) is 4.79 Å². The molecule has 0 fully saturated rings. The summed E-state index contributed by atoms with van der Waals surface area (Å²) in [5.74, 6) is -1.58. The third-order valence-corrected chi connectivity index (χ3v) is 2.62. The van der Waals surface area contributed by atoms with Crippen LogP contribution in [0.15, 0.2) is 40.8 Å². The van der Waals surface area contributed by atoms with Crippen LogP contribution >= 0.6 is 11.6 Å². The Labute approximate surface area is 123 Å². The van der Waals surface area contributed by atoms with E-state index in [0.29, 0.717) is 0 Å². The summed E-state index contributed by atoms with van der Waals surface area (Å²) < 4.78 is 18.3. The Hall–Kier alpha value is -2.67. The van der Waals surface area contributed by atoms with E-state index in [1.807, 2.05) is 0 Å². The summed E-state index contributed by atoms with van der Waals surface area (Å²) in [7, 11) is 0. The van der Waals surface area contributed by atoms with Crippen LogP contribution in [-0.4, -0.2) is 10.8 Å². The number of rotatable bonds is 4. The van der Waals surface area contributed by atoms with Crippen LogP contribution in [0.3, 0.4) is 0 Å². The van der Waals surface area contributed by atoms with Crippen molar-refractivity contribution in [1.29, 1.82) is 0 Å². The van der Waals surface area contributed by atoms with Crippen molar-refractivity contribution in [2.45, 2.75) is 0 Å². The lowest BCUT2D eigenvalue weighted by Crippen LogP contribution is -2.09. The summed E-state index contributed by atoms with van der Waals surface area (Å²) in [4.78, 5) is 21.3. The number of halogens is 2. The van der Waals surface area contributed by atoms with E-state index in [1.165, 1.54) is 24.3 Å². The van der Waals surface area contributed by atoms with Crippen LogP contribution in [0.2, 0.25) is 5.02 Å². The molecule has 108 valence electrons. The van der Waals surface area contributed by atoms with Crippen molar-refractivity contribution < 1.29 is 18.5 Å². The van der Waals surface area contributed by atoms with Gasteiger partial charge in [-0.3, -0.25) is 14.9 Å². The van der Waals surface area contributed by atoms with Gasteiger partial charge in [0.25, 0.3) is 0 Å². The quantitative estimate of drug-likeness (QED) is 0.531. The van der Waals surface area contributed by atoms with E-state index >= 15 is 0 Å². The number of hydrogen-bond acceptors (Lipinski definition) is 4. The summed E-state index contributed by atoms with van der Waals surface area (Å²) in [6.07, 6.45) is 2.30. The van der Waals surface area contributed by atoms with E-state index in [-0.39, 0.29) is 16.5 Å². The Morgan fingerprint density at radius 3 is 2.76 bits per heavy atom. The minimum absolute atomic E-state index is 0.0283. The van der Waals surface area contributed by atoms with Gasteiger partial charge in [0, 0.05) is 11.1 Å². The normalized spacial score (nSPS) is 10.8. The van der Waals surface area contributed by atoms with Crippen LogP contribution in [0.4, 0.5) is 16.0 Å². The molecule has 1 aromatic heterocycles. The Kier molecular flexibility index (Phi) is 4.34. The molecule has 1 N–H and O–H groups in total. The fourth-order valence-corrected chi connectivity index (χ4v) is 1.61. The highest BCUT2D eigenvalue weighted by Crippen LogP contribution is 2.19. The second-order valence-electron chi connectivity index (χ2n) is 3.88. The summed E-state index contributed by atoms with van der Waals surface area (Å²) in [6.45, 7) is 0. The number of carbonyl (C=O) groups excluding carboxylic acids is 1. The number of amides is 1. The van der Waals surface area contributed by atoms with E-state index in [4.69, 9.17) is 16.0 Å². The second-order valence-corrected chi connectivity index (χ2v) is 4.32. The average molecular weight is 311 g/mol. The highest BCUT2D eigenvalue weighted by molar-refractivity contribution is 6.30. The van der Waals surface area contributed by atoms with Gasteiger partial charge in [-0.2, -0.15) is 0 Å². The van der Waals surface area contributed by atoms with E-state index < -0.39 is 22.5 Å². The fraction of sp³-hybridized carbons (Fsp3) is 0. The molecule has 6 nitrogen and oxygen atoms in total. The van der Waals surface area contributed by atoms with Crippen LogP contribution in [0.1, 0.15) is 5.76 Å². The number of anilines is 1. The molecule has 21 heavy (non-hydrogen) atoms. The number of nitrogens with zero attached hydrogens (tertiary/aromatic N) is 1. The molecule has 0 radical (unpaired) electrons. The summed E-state index contributed by atoms with van der Waals surface area (Å²) in [5.41, 5.74) is -0.0283. The molecule has 0 spiro atoms. The highest BCUT2D eigenvalue weighted by Gasteiger charge is 2.10. The van der Waals surface area contributed by atoms with Gasteiger partial charge in [0.2, 0.25) is 5.91 Å². The lowest BCUT2D eigenvalue weighted by atomic mass is 10.3.